The molecule has 0 aliphatic carbocycles. The molecule has 0 aromatic heterocycles. The van der Waals surface area contributed by atoms with E-state index < -0.39 is 5.97 Å². The number of rotatable bonds is 9. The third-order valence-corrected chi connectivity index (χ3v) is 4.17. The zero-order chi connectivity index (χ0) is 18.2. The van der Waals surface area contributed by atoms with Crippen LogP contribution in [0.2, 0.25) is 0 Å². The van der Waals surface area contributed by atoms with Crippen molar-refractivity contribution >= 4 is 5.97 Å². The summed E-state index contributed by atoms with van der Waals surface area (Å²) in [7, 11) is 1.81. The van der Waals surface area contributed by atoms with Gasteiger partial charge in [-0.15, -0.1) is 0 Å². The quantitative estimate of drug-likeness (QED) is 0.737. The van der Waals surface area contributed by atoms with E-state index in [0.29, 0.717) is 12.5 Å². The largest absolute Gasteiger partial charge is 0.486 e. The second kappa shape index (κ2) is 9.23. The summed E-state index contributed by atoms with van der Waals surface area (Å²) in [5.74, 6) is 0.506. The van der Waals surface area contributed by atoms with Gasteiger partial charge in [-0.25, -0.2) is 0 Å². The Morgan fingerprint density at radius 2 is 1.68 bits per heavy atom. The second-order valence-corrected chi connectivity index (χ2v) is 6.66. The molecule has 4 heteroatoms. The lowest BCUT2D eigenvalue weighted by atomic mass is 10.0. The van der Waals surface area contributed by atoms with Crippen LogP contribution in [0.3, 0.4) is 0 Å². The Bertz CT molecular complexity index is 653. The van der Waals surface area contributed by atoms with Crippen LogP contribution in [0.15, 0.2) is 54.6 Å². The highest BCUT2D eigenvalue weighted by atomic mass is 16.5. The van der Waals surface area contributed by atoms with E-state index in [2.05, 4.69) is 26.0 Å². The van der Waals surface area contributed by atoms with Gasteiger partial charge in [0.2, 0.25) is 0 Å². The van der Waals surface area contributed by atoms with E-state index in [1.807, 2.05) is 49.5 Å². The number of nitrogens with zero attached hydrogens (tertiary/aromatic N) is 1. The summed E-state index contributed by atoms with van der Waals surface area (Å²) in [6.07, 6.45) is 0.613. The van der Waals surface area contributed by atoms with Crippen LogP contribution in [0.1, 0.15) is 43.4 Å². The van der Waals surface area contributed by atoms with Gasteiger partial charge in [0.15, 0.2) is 0 Å². The molecule has 0 spiro atoms. The minimum absolute atomic E-state index is 0.0323. The van der Waals surface area contributed by atoms with E-state index in [4.69, 9.17) is 9.84 Å². The molecule has 0 saturated carbocycles. The summed E-state index contributed by atoms with van der Waals surface area (Å²) in [5.41, 5.74) is 2.38. The maximum absolute atomic E-state index is 10.8. The van der Waals surface area contributed by atoms with Crippen LogP contribution in [-0.2, 0) is 4.79 Å². The Labute approximate surface area is 150 Å². The standard InChI is InChI=1S/C21H27NO3/c1-16(2)17-9-11-19(12-10-17)25-20(18-7-5-4-6-8-18)13-14-22(3)15-21(23)24/h4-12,16,20H,13-15H2,1-3H3,(H,23,24)/t20-/m0/s1. The van der Waals surface area contributed by atoms with E-state index in [9.17, 15) is 4.79 Å². The molecular formula is C21H27NO3. The summed E-state index contributed by atoms with van der Waals surface area (Å²) in [6, 6.07) is 18.3. The molecular weight excluding hydrogens is 314 g/mol. The van der Waals surface area contributed by atoms with Crippen LogP contribution >= 0.6 is 0 Å². The number of hydrogen-bond donors (Lipinski definition) is 1. The van der Waals surface area contributed by atoms with E-state index in [1.54, 1.807) is 4.90 Å². The van der Waals surface area contributed by atoms with Crippen LogP contribution in [0, 0.1) is 0 Å². The van der Waals surface area contributed by atoms with Crippen LogP contribution < -0.4 is 4.74 Å². The van der Waals surface area contributed by atoms with Crippen LogP contribution in [0.25, 0.3) is 0 Å². The lowest BCUT2D eigenvalue weighted by Crippen LogP contribution is -2.28. The highest BCUT2D eigenvalue weighted by Gasteiger charge is 2.15. The van der Waals surface area contributed by atoms with Crippen molar-refractivity contribution < 1.29 is 14.6 Å². The number of benzene rings is 2. The van der Waals surface area contributed by atoms with E-state index >= 15 is 0 Å². The lowest BCUT2D eigenvalue weighted by molar-refractivity contribution is -0.138. The zero-order valence-corrected chi connectivity index (χ0v) is 15.2. The Morgan fingerprint density at radius 1 is 1.04 bits per heavy atom. The molecule has 0 fully saturated rings. The van der Waals surface area contributed by atoms with Crippen molar-refractivity contribution in [2.45, 2.75) is 32.3 Å². The van der Waals surface area contributed by atoms with Gasteiger partial charge in [-0.3, -0.25) is 9.69 Å². The number of likely N-dealkylation sites (N-methyl/N-ethyl adjacent to an activating group) is 1. The smallest absolute Gasteiger partial charge is 0.317 e. The highest BCUT2D eigenvalue weighted by molar-refractivity contribution is 5.68. The maximum atomic E-state index is 10.8. The van der Waals surface area contributed by atoms with Gasteiger partial charge in [-0.05, 0) is 36.2 Å². The fourth-order valence-electron chi connectivity index (χ4n) is 2.70. The van der Waals surface area contributed by atoms with Crippen LogP contribution in [0.5, 0.6) is 5.75 Å². The average Bonchev–Trinajstić information content (AvgIpc) is 2.59. The molecule has 0 unspecified atom stereocenters. The van der Waals surface area contributed by atoms with Gasteiger partial charge < -0.3 is 9.84 Å². The topological polar surface area (TPSA) is 49.8 Å². The molecule has 1 N–H and O–H groups in total. The summed E-state index contributed by atoms with van der Waals surface area (Å²) < 4.78 is 6.22. The summed E-state index contributed by atoms with van der Waals surface area (Å²) in [5, 5.41) is 8.90. The minimum atomic E-state index is -0.816. The first-order valence-electron chi connectivity index (χ1n) is 8.67. The van der Waals surface area contributed by atoms with Crippen molar-refractivity contribution in [1.82, 2.24) is 4.90 Å². The van der Waals surface area contributed by atoms with Gasteiger partial charge in [-0.2, -0.15) is 0 Å². The third kappa shape index (κ3) is 6.24. The third-order valence-electron chi connectivity index (χ3n) is 4.17. The van der Waals surface area contributed by atoms with Crippen molar-refractivity contribution in [1.29, 1.82) is 0 Å². The molecule has 134 valence electrons. The predicted octanol–water partition coefficient (Wildman–Crippen LogP) is 4.34. The summed E-state index contributed by atoms with van der Waals surface area (Å²) >= 11 is 0. The van der Waals surface area contributed by atoms with Gasteiger partial charge >= 0.3 is 5.97 Å². The SMILES string of the molecule is CC(C)c1ccc(O[C@@H](CCN(C)CC(=O)O)c2ccccc2)cc1. The van der Waals surface area contributed by atoms with Gasteiger partial charge in [0.05, 0.1) is 6.54 Å². The van der Waals surface area contributed by atoms with Gasteiger partial charge in [-0.1, -0.05) is 56.3 Å². The molecule has 2 rings (SSSR count). The predicted molar refractivity (Wildman–Crippen MR) is 100 cm³/mol. The molecule has 0 amide bonds. The van der Waals surface area contributed by atoms with Gasteiger partial charge in [0.1, 0.15) is 11.9 Å². The number of carboxylic acid groups (broad SMARTS) is 1. The van der Waals surface area contributed by atoms with Crippen molar-refractivity contribution in [3.05, 3.63) is 65.7 Å². The van der Waals surface area contributed by atoms with Crippen molar-refractivity contribution in [2.75, 3.05) is 20.1 Å². The lowest BCUT2D eigenvalue weighted by Gasteiger charge is -2.23. The Morgan fingerprint density at radius 3 is 2.24 bits per heavy atom. The molecule has 2 aromatic rings. The normalized spacial score (nSPS) is 12.4. The Hall–Kier alpha value is -2.33. The second-order valence-electron chi connectivity index (χ2n) is 6.66. The van der Waals surface area contributed by atoms with Gasteiger partial charge in [0.25, 0.3) is 0 Å². The number of carbonyl (C=O) groups is 1. The van der Waals surface area contributed by atoms with Crippen molar-refractivity contribution in [3.8, 4) is 5.75 Å². The first-order chi connectivity index (χ1) is 12.0. The first-order valence-corrected chi connectivity index (χ1v) is 8.67. The number of aliphatic carboxylic acids is 1. The maximum Gasteiger partial charge on any atom is 0.317 e. The molecule has 0 aliphatic rings. The van der Waals surface area contributed by atoms with Crippen LogP contribution in [0.4, 0.5) is 0 Å². The summed E-state index contributed by atoms with van der Waals surface area (Å²) in [6.45, 7) is 5.02. The Balaban J connectivity index is 2.08. The highest BCUT2D eigenvalue weighted by Crippen LogP contribution is 2.26. The molecule has 25 heavy (non-hydrogen) atoms. The Kier molecular flexibility index (Phi) is 7.02. The van der Waals surface area contributed by atoms with E-state index in [0.717, 1.165) is 17.7 Å². The van der Waals surface area contributed by atoms with Crippen molar-refractivity contribution in [2.24, 2.45) is 0 Å². The molecule has 0 aliphatic heterocycles. The minimum Gasteiger partial charge on any atom is -0.486 e. The fraction of sp³-hybridized carbons (Fsp3) is 0.381. The molecule has 0 heterocycles. The van der Waals surface area contributed by atoms with Gasteiger partial charge in [0, 0.05) is 13.0 Å². The first kappa shape index (κ1) is 19.0. The van der Waals surface area contributed by atoms with Crippen LogP contribution in [-0.4, -0.2) is 36.1 Å². The molecule has 0 radical (unpaired) electrons. The monoisotopic (exact) mass is 341 g/mol. The summed E-state index contributed by atoms with van der Waals surface area (Å²) in [4.78, 5) is 12.6. The van der Waals surface area contributed by atoms with E-state index in [1.165, 1.54) is 5.56 Å². The molecule has 2 aromatic carbocycles. The fourth-order valence-corrected chi connectivity index (χ4v) is 2.70. The number of carboxylic acids is 1. The molecule has 0 bridgehead atoms. The molecule has 4 nitrogen and oxygen atoms in total. The molecule has 0 saturated heterocycles. The number of hydrogen-bond acceptors (Lipinski definition) is 3. The van der Waals surface area contributed by atoms with Crippen molar-refractivity contribution in [3.63, 3.8) is 0 Å². The molecule has 1 atom stereocenters. The number of ether oxygens (including phenoxy) is 1. The zero-order valence-electron chi connectivity index (χ0n) is 15.2. The average molecular weight is 341 g/mol. The van der Waals surface area contributed by atoms with E-state index in [-0.39, 0.29) is 12.6 Å².